The number of ether oxygens (including phenoxy) is 1. The molecule has 6 nitrogen and oxygen atoms in total. The van der Waals surface area contributed by atoms with Crippen molar-refractivity contribution in [2.75, 3.05) is 18.2 Å². The van der Waals surface area contributed by atoms with Crippen molar-refractivity contribution in [1.82, 2.24) is 9.97 Å². The van der Waals surface area contributed by atoms with Gasteiger partial charge in [0.1, 0.15) is 17.6 Å². The van der Waals surface area contributed by atoms with Crippen molar-refractivity contribution >= 4 is 56.7 Å². The van der Waals surface area contributed by atoms with Crippen molar-refractivity contribution in [2.45, 2.75) is 0 Å². The number of hydrogen-bond donors (Lipinski definition) is 2. The molecule has 3 N–H and O–H groups in total. The van der Waals surface area contributed by atoms with Crippen molar-refractivity contribution < 1.29 is 4.74 Å². The standard InChI is InChI=1S/C16H12BrN5O.ClH/c1-23-13-7-10(6-5-9(13)8-18)20-16-21-14-11(15(19)22-16)3-2-4-12(14)17;/h2-7H,1H3,(H3,19,20,21,22);1H. The summed E-state index contributed by atoms with van der Waals surface area (Å²) in [5, 5.41) is 12.9. The number of fused-ring (bicyclic) bond motifs is 1. The fraction of sp³-hybridized carbons (Fsp3) is 0.0625. The van der Waals surface area contributed by atoms with Gasteiger partial charge in [-0.2, -0.15) is 10.2 Å². The fourth-order valence-electron chi connectivity index (χ4n) is 2.19. The molecule has 0 fully saturated rings. The van der Waals surface area contributed by atoms with E-state index in [1.54, 1.807) is 18.2 Å². The number of nitrogens with zero attached hydrogens (tertiary/aromatic N) is 3. The Kier molecular flexibility index (Phi) is 5.44. The van der Waals surface area contributed by atoms with Crippen LogP contribution in [0.2, 0.25) is 0 Å². The van der Waals surface area contributed by atoms with Crippen molar-refractivity contribution in [3.63, 3.8) is 0 Å². The van der Waals surface area contributed by atoms with E-state index in [1.807, 2.05) is 18.2 Å². The molecule has 0 amide bonds. The maximum Gasteiger partial charge on any atom is 0.229 e. The third kappa shape index (κ3) is 3.35. The second kappa shape index (κ2) is 7.34. The number of anilines is 3. The first-order valence-corrected chi connectivity index (χ1v) is 7.48. The largest absolute Gasteiger partial charge is 0.495 e. The van der Waals surface area contributed by atoms with Gasteiger partial charge in [0.2, 0.25) is 5.95 Å². The Morgan fingerprint density at radius 3 is 2.75 bits per heavy atom. The average Bonchev–Trinajstić information content (AvgIpc) is 2.56. The Labute approximate surface area is 153 Å². The zero-order valence-corrected chi connectivity index (χ0v) is 15.0. The molecule has 0 radical (unpaired) electrons. The first-order valence-electron chi connectivity index (χ1n) is 6.69. The lowest BCUT2D eigenvalue weighted by Gasteiger charge is -2.10. The van der Waals surface area contributed by atoms with Crippen molar-refractivity contribution in [1.29, 1.82) is 5.26 Å². The van der Waals surface area contributed by atoms with Crippen LogP contribution in [0.4, 0.5) is 17.5 Å². The third-order valence-corrected chi connectivity index (χ3v) is 3.92. The summed E-state index contributed by atoms with van der Waals surface area (Å²) in [7, 11) is 1.52. The van der Waals surface area contributed by atoms with E-state index in [1.165, 1.54) is 7.11 Å². The zero-order valence-electron chi connectivity index (χ0n) is 12.6. The number of hydrogen-bond acceptors (Lipinski definition) is 6. The number of nitrogens with one attached hydrogen (secondary N) is 1. The molecule has 0 aliphatic heterocycles. The van der Waals surface area contributed by atoms with Gasteiger partial charge < -0.3 is 15.8 Å². The minimum absolute atomic E-state index is 0. The number of para-hydroxylation sites is 1. The Hall–Kier alpha value is -2.56. The minimum Gasteiger partial charge on any atom is -0.495 e. The summed E-state index contributed by atoms with van der Waals surface area (Å²) >= 11 is 3.46. The Morgan fingerprint density at radius 1 is 1.25 bits per heavy atom. The second-order valence-corrected chi connectivity index (χ2v) is 5.57. The molecule has 0 aliphatic rings. The maximum atomic E-state index is 9.02. The molecule has 2 aromatic carbocycles. The molecule has 24 heavy (non-hydrogen) atoms. The van der Waals surface area contributed by atoms with Gasteiger partial charge in [0.05, 0.1) is 18.2 Å². The summed E-state index contributed by atoms with van der Waals surface area (Å²) in [5.74, 6) is 1.24. The predicted octanol–water partition coefficient (Wildman–Crippen LogP) is 4.02. The molecule has 1 heterocycles. The normalized spacial score (nSPS) is 9.88. The van der Waals surface area contributed by atoms with E-state index in [9.17, 15) is 0 Å². The van der Waals surface area contributed by atoms with E-state index >= 15 is 0 Å². The van der Waals surface area contributed by atoms with Gasteiger partial charge in [0.15, 0.2) is 0 Å². The second-order valence-electron chi connectivity index (χ2n) is 4.72. The number of aromatic nitrogens is 2. The van der Waals surface area contributed by atoms with Gasteiger partial charge >= 0.3 is 0 Å². The zero-order chi connectivity index (χ0) is 16.4. The van der Waals surface area contributed by atoms with E-state index in [-0.39, 0.29) is 12.4 Å². The summed E-state index contributed by atoms with van der Waals surface area (Å²) in [6, 6.07) is 12.8. The molecule has 0 bridgehead atoms. The van der Waals surface area contributed by atoms with Crippen LogP contribution in [0, 0.1) is 11.3 Å². The Morgan fingerprint density at radius 2 is 2.04 bits per heavy atom. The molecule has 0 saturated heterocycles. The molecule has 3 rings (SSSR count). The minimum atomic E-state index is 0. The molecule has 0 saturated carbocycles. The SMILES string of the molecule is COc1cc(Nc2nc(N)c3cccc(Br)c3n2)ccc1C#N.Cl. The van der Waals surface area contributed by atoms with E-state index in [2.05, 4.69) is 37.3 Å². The number of nitriles is 1. The lowest BCUT2D eigenvalue weighted by molar-refractivity contribution is 0.413. The van der Waals surface area contributed by atoms with Crippen LogP contribution in [0.3, 0.4) is 0 Å². The third-order valence-electron chi connectivity index (χ3n) is 3.28. The van der Waals surface area contributed by atoms with Crippen LogP contribution in [-0.4, -0.2) is 17.1 Å². The van der Waals surface area contributed by atoms with Gasteiger partial charge in [-0.25, -0.2) is 4.98 Å². The highest BCUT2D eigenvalue weighted by Gasteiger charge is 2.09. The smallest absolute Gasteiger partial charge is 0.229 e. The van der Waals surface area contributed by atoms with Gasteiger partial charge in [0, 0.05) is 21.6 Å². The molecule has 1 aromatic heterocycles. The number of rotatable bonds is 3. The monoisotopic (exact) mass is 405 g/mol. The number of nitrogens with two attached hydrogens (primary N) is 1. The van der Waals surface area contributed by atoms with Crippen LogP contribution in [0.15, 0.2) is 40.9 Å². The number of nitrogen functional groups attached to an aromatic ring is 1. The summed E-state index contributed by atoms with van der Waals surface area (Å²) < 4.78 is 6.03. The highest BCUT2D eigenvalue weighted by molar-refractivity contribution is 9.10. The van der Waals surface area contributed by atoms with Gasteiger partial charge in [0.25, 0.3) is 0 Å². The van der Waals surface area contributed by atoms with Crippen molar-refractivity contribution in [2.24, 2.45) is 0 Å². The molecule has 0 spiro atoms. The van der Waals surface area contributed by atoms with E-state index < -0.39 is 0 Å². The van der Waals surface area contributed by atoms with Crippen LogP contribution >= 0.6 is 28.3 Å². The molecule has 0 unspecified atom stereocenters. The molecular weight excluding hydrogens is 394 g/mol. The quantitative estimate of drug-likeness (QED) is 0.682. The molecule has 0 atom stereocenters. The number of halogens is 2. The molecule has 8 heteroatoms. The first-order chi connectivity index (χ1) is 11.1. The highest BCUT2D eigenvalue weighted by atomic mass is 79.9. The van der Waals surface area contributed by atoms with Crippen molar-refractivity contribution in [3.8, 4) is 11.8 Å². The van der Waals surface area contributed by atoms with Crippen LogP contribution in [0.1, 0.15) is 5.56 Å². The van der Waals surface area contributed by atoms with Gasteiger partial charge in [-0.1, -0.05) is 6.07 Å². The average molecular weight is 407 g/mol. The number of benzene rings is 2. The number of methoxy groups -OCH3 is 1. The fourth-order valence-corrected chi connectivity index (χ4v) is 2.64. The lowest BCUT2D eigenvalue weighted by Crippen LogP contribution is -2.02. The van der Waals surface area contributed by atoms with Gasteiger partial charge in [-0.05, 0) is 40.2 Å². The van der Waals surface area contributed by atoms with E-state index in [4.69, 9.17) is 15.7 Å². The van der Waals surface area contributed by atoms with Crippen LogP contribution in [0.25, 0.3) is 10.9 Å². The topological polar surface area (TPSA) is 96.8 Å². The maximum absolute atomic E-state index is 9.02. The van der Waals surface area contributed by atoms with Crippen molar-refractivity contribution in [3.05, 3.63) is 46.4 Å². The first kappa shape index (κ1) is 17.8. The lowest BCUT2D eigenvalue weighted by atomic mass is 10.2. The highest BCUT2D eigenvalue weighted by Crippen LogP contribution is 2.28. The predicted molar refractivity (Wildman–Crippen MR) is 99.9 cm³/mol. The van der Waals surface area contributed by atoms with E-state index in [0.29, 0.717) is 28.8 Å². The van der Waals surface area contributed by atoms with Gasteiger partial charge in [-0.15, -0.1) is 12.4 Å². The Bertz CT molecular complexity index is 942. The van der Waals surface area contributed by atoms with Gasteiger partial charge in [-0.3, -0.25) is 0 Å². The summed E-state index contributed by atoms with van der Waals surface area (Å²) in [6.07, 6.45) is 0. The molecule has 3 aromatic rings. The van der Waals surface area contributed by atoms with Crippen LogP contribution < -0.4 is 15.8 Å². The van der Waals surface area contributed by atoms with Crippen LogP contribution in [-0.2, 0) is 0 Å². The molecule has 122 valence electrons. The van der Waals surface area contributed by atoms with E-state index in [0.717, 1.165) is 15.4 Å². The molecular formula is C16H13BrClN5O. The van der Waals surface area contributed by atoms with Crippen LogP contribution in [0.5, 0.6) is 5.75 Å². The molecule has 0 aliphatic carbocycles. The summed E-state index contributed by atoms with van der Waals surface area (Å²) in [5.41, 5.74) is 7.89. The summed E-state index contributed by atoms with van der Waals surface area (Å²) in [6.45, 7) is 0. The summed E-state index contributed by atoms with van der Waals surface area (Å²) in [4.78, 5) is 8.74. The Balaban J connectivity index is 0.00000208.